The van der Waals surface area contributed by atoms with E-state index in [1.165, 1.54) is 4.57 Å². The first-order chi connectivity index (χ1) is 14.2. The second-order valence-electron chi connectivity index (χ2n) is 9.55. The number of ether oxygens (including phenoxy) is 2. The normalized spacial score (nSPS) is 17.8. The van der Waals surface area contributed by atoms with Crippen molar-refractivity contribution in [3.8, 4) is 0 Å². The number of nitrogens with zero attached hydrogens (tertiary/aromatic N) is 1. The van der Waals surface area contributed by atoms with Crippen molar-refractivity contribution in [3.05, 3.63) is 28.9 Å². The van der Waals surface area contributed by atoms with Crippen LogP contribution in [0.4, 0.5) is 4.79 Å². The van der Waals surface area contributed by atoms with Crippen LogP contribution < -0.4 is 5.46 Å². The lowest BCUT2D eigenvalue weighted by Crippen LogP contribution is -2.41. The van der Waals surface area contributed by atoms with Crippen LogP contribution in [0.2, 0.25) is 5.02 Å². The summed E-state index contributed by atoms with van der Waals surface area (Å²) in [5, 5.41) is 1.00. The number of hydrogen-bond donors (Lipinski definition) is 0. The topological polar surface area (TPSA) is 76.0 Å². The van der Waals surface area contributed by atoms with Crippen molar-refractivity contribution in [1.82, 2.24) is 4.57 Å². The molecule has 1 aliphatic heterocycles. The molecule has 168 valence electrons. The Labute approximate surface area is 188 Å². The Morgan fingerprint density at radius 2 is 1.71 bits per heavy atom. The Kier molecular flexibility index (Phi) is 5.97. The lowest BCUT2D eigenvalue weighted by Gasteiger charge is -2.32. The summed E-state index contributed by atoms with van der Waals surface area (Å²) in [6.45, 7) is 14.8. The van der Waals surface area contributed by atoms with Crippen LogP contribution in [-0.2, 0) is 18.8 Å². The molecule has 0 amide bonds. The highest BCUT2D eigenvalue weighted by Crippen LogP contribution is 2.38. The standard InChI is InChI=1S/C22H29BClNO6/c1-9-28-18(26)17-16(23-30-21(5,6)22(7,8)31-23)14-12-13(24)10-11-15(14)25(17)19(27)29-20(2,3)4/h10-12H,9H2,1-8H3. The predicted molar refractivity (Wildman–Crippen MR) is 120 cm³/mol. The first-order valence-corrected chi connectivity index (χ1v) is 10.7. The molecule has 1 aliphatic rings. The molecule has 1 saturated heterocycles. The molecular weight excluding hydrogens is 421 g/mol. The molecule has 0 atom stereocenters. The summed E-state index contributed by atoms with van der Waals surface area (Å²) in [6, 6.07) is 4.99. The van der Waals surface area contributed by atoms with Crippen LogP contribution >= 0.6 is 11.6 Å². The average molecular weight is 450 g/mol. The molecule has 1 aromatic heterocycles. The fraction of sp³-hybridized carbons (Fsp3) is 0.545. The van der Waals surface area contributed by atoms with Crippen molar-refractivity contribution in [2.24, 2.45) is 0 Å². The smallest absolute Gasteiger partial charge is 0.461 e. The number of aromatic nitrogens is 1. The van der Waals surface area contributed by atoms with Crippen LogP contribution in [0, 0.1) is 0 Å². The molecule has 0 spiro atoms. The van der Waals surface area contributed by atoms with Gasteiger partial charge in [-0.3, -0.25) is 0 Å². The quantitative estimate of drug-likeness (QED) is 0.505. The van der Waals surface area contributed by atoms with Gasteiger partial charge in [-0.1, -0.05) is 11.6 Å². The van der Waals surface area contributed by atoms with E-state index in [0.29, 0.717) is 21.4 Å². The number of fused-ring (bicyclic) bond motifs is 1. The lowest BCUT2D eigenvalue weighted by atomic mass is 9.76. The zero-order valence-electron chi connectivity index (χ0n) is 19.3. The average Bonchev–Trinajstić information content (AvgIpc) is 3.04. The van der Waals surface area contributed by atoms with Crippen LogP contribution in [0.5, 0.6) is 0 Å². The number of esters is 1. The summed E-state index contributed by atoms with van der Waals surface area (Å²) in [6.07, 6.45) is -0.703. The third-order valence-electron chi connectivity index (χ3n) is 5.50. The number of hydrogen-bond acceptors (Lipinski definition) is 6. The second kappa shape index (κ2) is 7.83. The Balaban J connectivity index is 2.32. The van der Waals surface area contributed by atoms with Gasteiger partial charge in [0.05, 0.1) is 23.3 Å². The molecule has 2 aromatic rings. The molecular formula is C22H29BClNO6. The number of rotatable bonds is 3. The van der Waals surface area contributed by atoms with Crippen molar-refractivity contribution in [2.75, 3.05) is 6.61 Å². The van der Waals surface area contributed by atoms with E-state index in [1.54, 1.807) is 45.9 Å². The number of halogens is 1. The van der Waals surface area contributed by atoms with Gasteiger partial charge in [-0.05, 0) is 73.6 Å². The molecule has 7 nitrogen and oxygen atoms in total. The van der Waals surface area contributed by atoms with Gasteiger partial charge in [-0.15, -0.1) is 0 Å². The molecule has 0 saturated carbocycles. The van der Waals surface area contributed by atoms with E-state index < -0.39 is 36.0 Å². The third-order valence-corrected chi connectivity index (χ3v) is 5.74. The molecule has 0 aliphatic carbocycles. The van der Waals surface area contributed by atoms with Crippen LogP contribution in [0.3, 0.4) is 0 Å². The van der Waals surface area contributed by atoms with Crippen LogP contribution in [0.15, 0.2) is 18.2 Å². The van der Waals surface area contributed by atoms with Gasteiger partial charge >= 0.3 is 19.2 Å². The Hall–Kier alpha value is -2.03. The Morgan fingerprint density at radius 1 is 1.13 bits per heavy atom. The summed E-state index contributed by atoms with van der Waals surface area (Å²) >= 11 is 6.27. The van der Waals surface area contributed by atoms with E-state index in [0.717, 1.165) is 0 Å². The van der Waals surface area contributed by atoms with E-state index in [-0.39, 0.29) is 12.3 Å². The molecule has 2 heterocycles. The molecule has 0 N–H and O–H groups in total. The van der Waals surface area contributed by atoms with E-state index in [1.807, 2.05) is 27.7 Å². The SMILES string of the molecule is CCOC(=O)c1c(B2OC(C)(C)C(C)(C)O2)c2cc(Cl)ccc2n1C(=O)OC(C)(C)C. The van der Waals surface area contributed by atoms with Gasteiger partial charge < -0.3 is 18.8 Å². The third kappa shape index (κ3) is 4.34. The van der Waals surface area contributed by atoms with Gasteiger partial charge in [0, 0.05) is 15.9 Å². The minimum absolute atomic E-state index is 0.00636. The van der Waals surface area contributed by atoms with Crippen molar-refractivity contribution in [1.29, 1.82) is 0 Å². The summed E-state index contributed by atoms with van der Waals surface area (Å²) < 4.78 is 24.6. The highest BCUT2D eigenvalue weighted by atomic mass is 35.5. The minimum Gasteiger partial charge on any atom is -0.461 e. The second-order valence-corrected chi connectivity index (χ2v) is 9.98. The summed E-state index contributed by atoms with van der Waals surface area (Å²) in [5.74, 6) is -0.676. The number of carbonyl (C=O) groups excluding carboxylic acids is 2. The van der Waals surface area contributed by atoms with Gasteiger partial charge in [0.1, 0.15) is 11.3 Å². The fourth-order valence-corrected chi connectivity index (χ4v) is 3.56. The van der Waals surface area contributed by atoms with Crippen molar-refractivity contribution >= 4 is 47.1 Å². The van der Waals surface area contributed by atoms with E-state index in [4.69, 9.17) is 30.4 Å². The summed E-state index contributed by atoms with van der Waals surface area (Å²) in [4.78, 5) is 26.3. The molecule has 0 bridgehead atoms. The number of benzene rings is 1. The number of carbonyl (C=O) groups is 2. The fourth-order valence-electron chi connectivity index (χ4n) is 3.38. The molecule has 31 heavy (non-hydrogen) atoms. The van der Waals surface area contributed by atoms with Gasteiger partial charge in [0.2, 0.25) is 0 Å². The maximum absolute atomic E-state index is 13.2. The first kappa shape index (κ1) is 23.6. The van der Waals surface area contributed by atoms with Crippen LogP contribution in [0.1, 0.15) is 65.9 Å². The minimum atomic E-state index is -0.908. The van der Waals surface area contributed by atoms with Gasteiger partial charge in [-0.2, -0.15) is 0 Å². The van der Waals surface area contributed by atoms with Gasteiger partial charge in [-0.25, -0.2) is 14.2 Å². The molecule has 1 fully saturated rings. The van der Waals surface area contributed by atoms with Crippen molar-refractivity contribution in [3.63, 3.8) is 0 Å². The monoisotopic (exact) mass is 449 g/mol. The van der Waals surface area contributed by atoms with Gasteiger partial charge in [0.15, 0.2) is 0 Å². The van der Waals surface area contributed by atoms with E-state index in [2.05, 4.69) is 0 Å². The molecule has 0 unspecified atom stereocenters. The molecule has 9 heteroatoms. The molecule has 1 aromatic carbocycles. The maximum atomic E-state index is 13.2. The van der Waals surface area contributed by atoms with Gasteiger partial charge in [0.25, 0.3) is 0 Å². The van der Waals surface area contributed by atoms with E-state index in [9.17, 15) is 9.59 Å². The Morgan fingerprint density at radius 3 is 2.23 bits per heavy atom. The summed E-state index contributed by atoms with van der Waals surface area (Å²) in [5.41, 5.74) is -1.22. The predicted octanol–water partition coefficient (Wildman–Crippen LogP) is 4.55. The highest BCUT2D eigenvalue weighted by molar-refractivity contribution is 6.67. The molecule has 3 rings (SSSR count). The van der Waals surface area contributed by atoms with Crippen LogP contribution in [0.25, 0.3) is 10.9 Å². The molecule has 0 radical (unpaired) electrons. The van der Waals surface area contributed by atoms with E-state index >= 15 is 0 Å². The largest absolute Gasteiger partial charge is 0.497 e. The maximum Gasteiger partial charge on any atom is 0.497 e. The lowest BCUT2D eigenvalue weighted by molar-refractivity contribution is 0.00578. The zero-order chi connectivity index (χ0) is 23.4. The summed E-state index contributed by atoms with van der Waals surface area (Å²) in [7, 11) is -0.908. The van der Waals surface area contributed by atoms with Crippen molar-refractivity contribution < 1.29 is 28.4 Å². The highest BCUT2D eigenvalue weighted by Gasteiger charge is 2.54. The van der Waals surface area contributed by atoms with Crippen molar-refractivity contribution in [2.45, 2.75) is 72.2 Å². The van der Waals surface area contributed by atoms with Crippen LogP contribution in [-0.4, -0.2) is 47.2 Å². The zero-order valence-corrected chi connectivity index (χ0v) is 20.0. The Bertz CT molecular complexity index is 1020. The first-order valence-electron chi connectivity index (χ1n) is 10.3.